The summed E-state index contributed by atoms with van der Waals surface area (Å²) in [6.07, 6.45) is 17.3. The van der Waals surface area contributed by atoms with Crippen molar-refractivity contribution in [3.63, 3.8) is 0 Å². The number of benzene rings is 1. The number of carbonyl (C=O) groups is 1. The van der Waals surface area contributed by atoms with Crippen LogP contribution in [0.15, 0.2) is 48.1 Å². The molecule has 2 fully saturated rings. The van der Waals surface area contributed by atoms with Crippen molar-refractivity contribution in [1.29, 1.82) is 0 Å². The number of nitrogens with one attached hydrogen (secondary N) is 1. The number of anilines is 1. The molecule has 0 radical (unpaired) electrons. The van der Waals surface area contributed by atoms with Crippen LogP contribution in [0, 0.1) is 17.8 Å². The molecule has 0 spiro atoms. The van der Waals surface area contributed by atoms with Crippen molar-refractivity contribution in [2.24, 2.45) is 22.9 Å². The predicted molar refractivity (Wildman–Crippen MR) is 128 cm³/mol. The molecule has 4 rings (SSSR count). The standard InChI is InChI=1S/C25H33ClN4O2/c26-21-12-7-13-22(16-21)28-25(31)32-29-24(20-10-5-2-6-11-20)23(17-30-15-14-27-18-30)19-8-3-1-4-9-19/h7,12-16,18-20,23H,1-6,8-11,17H2,(H,28,31)/b29-24+. The van der Waals surface area contributed by atoms with Crippen molar-refractivity contribution in [1.82, 2.24) is 9.55 Å². The Morgan fingerprint density at radius 3 is 2.59 bits per heavy atom. The van der Waals surface area contributed by atoms with Gasteiger partial charge in [-0.3, -0.25) is 10.2 Å². The van der Waals surface area contributed by atoms with Gasteiger partial charge in [0.15, 0.2) is 0 Å². The molecule has 0 saturated heterocycles. The SMILES string of the molecule is O=C(Nc1cccc(Cl)c1)O/N=C(\C1CCCCC1)C(Cn1ccnc1)C1CCCCC1. The minimum absolute atomic E-state index is 0.256. The normalized spacial score (nSPS) is 19.5. The van der Waals surface area contributed by atoms with Crippen LogP contribution in [0.25, 0.3) is 0 Å². The van der Waals surface area contributed by atoms with E-state index in [4.69, 9.17) is 16.4 Å². The maximum Gasteiger partial charge on any atom is 0.437 e. The maximum atomic E-state index is 12.5. The van der Waals surface area contributed by atoms with E-state index in [1.54, 1.807) is 24.3 Å². The average Bonchev–Trinajstić information content (AvgIpc) is 3.33. The summed E-state index contributed by atoms with van der Waals surface area (Å²) in [5.41, 5.74) is 1.66. The molecule has 2 aliphatic rings. The lowest BCUT2D eigenvalue weighted by molar-refractivity contribution is 0.162. The number of oxime groups is 1. The van der Waals surface area contributed by atoms with Gasteiger partial charge in [-0.05, 0) is 49.8 Å². The van der Waals surface area contributed by atoms with E-state index in [0.29, 0.717) is 22.5 Å². The van der Waals surface area contributed by atoms with E-state index in [2.05, 4.69) is 20.0 Å². The highest BCUT2D eigenvalue weighted by Gasteiger charge is 2.34. The number of hydrogen-bond donors (Lipinski definition) is 1. The first kappa shape index (κ1) is 22.8. The zero-order valence-electron chi connectivity index (χ0n) is 18.6. The fourth-order valence-corrected chi connectivity index (χ4v) is 5.48. The van der Waals surface area contributed by atoms with Gasteiger partial charge in [0.1, 0.15) is 0 Å². The Balaban J connectivity index is 1.55. The highest BCUT2D eigenvalue weighted by molar-refractivity contribution is 6.30. The summed E-state index contributed by atoms with van der Waals surface area (Å²) >= 11 is 6.03. The van der Waals surface area contributed by atoms with E-state index in [0.717, 1.165) is 25.1 Å². The molecule has 2 aromatic rings. The topological polar surface area (TPSA) is 68.5 Å². The van der Waals surface area contributed by atoms with Gasteiger partial charge in [-0.2, -0.15) is 0 Å². The van der Waals surface area contributed by atoms with Gasteiger partial charge in [0, 0.05) is 41.5 Å². The summed E-state index contributed by atoms with van der Waals surface area (Å²) in [5.74, 6) is 1.19. The number of aromatic nitrogens is 2. The highest BCUT2D eigenvalue weighted by Crippen LogP contribution is 2.37. The Morgan fingerprint density at radius 1 is 1.16 bits per heavy atom. The molecule has 0 aliphatic heterocycles. The number of halogens is 1. The predicted octanol–water partition coefficient (Wildman–Crippen LogP) is 6.92. The number of imidazole rings is 1. The highest BCUT2D eigenvalue weighted by atomic mass is 35.5. The molecule has 1 heterocycles. The van der Waals surface area contributed by atoms with E-state index in [1.165, 1.54) is 51.4 Å². The second-order valence-electron chi connectivity index (χ2n) is 9.13. The molecule has 7 heteroatoms. The molecular weight excluding hydrogens is 424 g/mol. The average molecular weight is 457 g/mol. The molecule has 1 amide bonds. The van der Waals surface area contributed by atoms with Crippen LogP contribution in [0.1, 0.15) is 64.2 Å². The van der Waals surface area contributed by atoms with Gasteiger partial charge in [-0.1, -0.05) is 61.3 Å². The summed E-state index contributed by atoms with van der Waals surface area (Å²) in [4.78, 5) is 22.2. The van der Waals surface area contributed by atoms with Crippen LogP contribution in [0.3, 0.4) is 0 Å². The Morgan fingerprint density at radius 2 is 1.91 bits per heavy atom. The zero-order valence-corrected chi connectivity index (χ0v) is 19.3. The second kappa shape index (κ2) is 11.5. The maximum absolute atomic E-state index is 12.5. The van der Waals surface area contributed by atoms with E-state index in [-0.39, 0.29) is 5.92 Å². The van der Waals surface area contributed by atoms with Crippen molar-refractivity contribution >= 4 is 29.1 Å². The molecule has 2 aliphatic carbocycles. The van der Waals surface area contributed by atoms with Crippen molar-refractivity contribution < 1.29 is 9.63 Å². The number of amides is 1. The fraction of sp³-hybridized carbons (Fsp3) is 0.560. The Bertz CT molecular complexity index is 887. The summed E-state index contributed by atoms with van der Waals surface area (Å²) < 4.78 is 2.14. The molecule has 172 valence electrons. The van der Waals surface area contributed by atoms with E-state index in [9.17, 15) is 4.79 Å². The van der Waals surface area contributed by atoms with Gasteiger partial charge in [0.2, 0.25) is 0 Å². The van der Waals surface area contributed by atoms with E-state index < -0.39 is 6.09 Å². The van der Waals surface area contributed by atoms with Gasteiger partial charge < -0.3 is 4.57 Å². The monoisotopic (exact) mass is 456 g/mol. The summed E-state index contributed by atoms with van der Waals surface area (Å²) in [6.45, 7) is 0.833. The first-order chi connectivity index (χ1) is 15.7. The molecule has 1 atom stereocenters. The van der Waals surface area contributed by atoms with Crippen molar-refractivity contribution in [2.75, 3.05) is 5.32 Å². The smallest absolute Gasteiger partial charge is 0.337 e. The molecule has 1 aromatic carbocycles. The van der Waals surface area contributed by atoms with Crippen LogP contribution in [0.4, 0.5) is 10.5 Å². The van der Waals surface area contributed by atoms with Crippen LogP contribution in [0.2, 0.25) is 5.02 Å². The Kier molecular flexibility index (Phi) is 8.21. The molecule has 1 N–H and O–H groups in total. The first-order valence-corrected chi connectivity index (χ1v) is 12.3. The van der Waals surface area contributed by atoms with Crippen molar-refractivity contribution in [3.05, 3.63) is 48.0 Å². The lowest BCUT2D eigenvalue weighted by atomic mass is 9.72. The third-order valence-corrected chi connectivity index (χ3v) is 7.13. The number of rotatable bonds is 7. The van der Waals surface area contributed by atoms with Crippen molar-refractivity contribution in [2.45, 2.75) is 70.8 Å². The fourth-order valence-electron chi connectivity index (χ4n) is 5.29. The minimum atomic E-state index is -0.578. The summed E-state index contributed by atoms with van der Waals surface area (Å²) in [7, 11) is 0. The van der Waals surface area contributed by atoms with Gasteiger partial charge >= 0.3 is 6.09 Å². The van der Waals surface area contributed by atoms with Gasteiger partial charge in [-0.25, -0.2) is 9.78 Å². The van der Waals surface area contributed by atoms with E-state index >= 15 is 0 Å². The van der Waals surface area contributed by atoms with Crippen LogP contribution in [-0.2, 0) is 11.4 Å². The molecule has 1 unspecified atom stereocenters. The van der Waals surface area contributed by atoms with Gasteiger partial charge in [0.05, 0.1) is 12.0 Å². The molecule has 0 bridgehead atoms. The Hall–Kier alpha value is -2.34. The molecule has 32 heavy (non-hydrogen) atoms. The zero-order chi connectivity index (χ0) is 22.2. The minimum Gasteiger partial charge on any atom is -0.337 e. The number of hydrogen-bond acceptors (Lipinski definition) is 4. The van der Waals surface area contributed by atoms with Crippen LogP contribution >= 0.6 is 11.6 Å². The lowest BCUT2D eigenvalue weighted by Gasteiger charge is -2.35. The third kappa shape index (κ3) is 6.35. The van der Waals surface area contributed by atoms with Crippen molar-refractivity contribution in [3.8, 4) is 0 Å². The van der Waals surface area contributed by atoms with Gasteiger partial charge in [0.25, 0.3) is 0 Å². The third-order valence-electron chi connectivity index (χ3n) is 6.89. The van der Waals surface area contributed by atoms with Crippen LogP contribution < -0.4 is 5.32 Å². The summed E-state index contributed by atoms with van der Waals surface area (Å²) in [5, 5.41) is 7.86. The van der Waals surface area contributed by atoms with Gasteiger partial charge in [-0.15, -0.1) is 0 Å². The number of carbonyl (C=O) groups excluding carboxylic acids is 1. The largest absolute Gasteiger partial charge is 0.437 e. The molecule has 2 saturated carbocycles. The van der Waals surface area contributed by atoms with Crippen LogP contribution in [0.5, 0.6) is 0 Å². The lowest BCUT2D eigenvalue weighted by Crippen LogP contribution is -2.35. The molecular formula is C25H33ClN4O2. The second-order valence-corrected chi connectivity index (χ2v) is 9.57. The van der Waals surface area contributed by atoms with E-state index in [1.807, 2.05) is 18.7 Å². The molecule has 6 nitrogen and oxygen atoms in total. The Labute approximate surface area is 195 Å². The quantitative estimate of drug-likeness (QED) is 0.279. The van der Waals surface area contributed by atoms with Crippen LogP contribution in [-0.4, -0.2) is 21.4 Å². The first-order valence-electron chi connectivity index (χ1n) is 12.0. The summed E-state index contributed by atoms with van der Waals surface area (Å²) in [6, 6.07) is 7.03. The number of nitrogens with zero attached hydrogens (tertiary/aromatic N) is 3. The molecule has 1 aromatic heterocycles.